The number of nitrogens with zero attached hydrogens (tertiary/aromatic N) is 2. The minimum absolute atomic E-state index is 0.0725. The molecular weight excluding hydrogens is 374 g/mol. The maximum atomic E-state index is 12.9. The zero-order valence-electron chi connectivity index (χ0n) is 17.2. The molecule has 1 aromatic heterocycles. The van der Waals surface area contributed by atoms with Crippen molar-refractivity contribution < 1.29 is 9.53 Å². The number of amides is 1. The molecule has 0 unspecified atom stereocenters. The van der Waals surface area contributed by atoms with E-state index in [-0.39, 0.29) is 5.91 Å². The van der Waals surface area contributed by atoms with Gasteiger partial charge >= 0.3 is 0 Å². The average molecular weight is 399 g/mol. The van der Waals surface area contributed by atoms with E-state index in [2.05, 4.69) is 5.32 Å². The minimum Gasteiger partial charge on any atom is -0.494 e. The van der Waals surface area contributed by atoms with Gasteiger partial charge in [0.05, 0.1) is 12.1 Å². The van der Waals surface area contributed by atoms with Crippen molar-refractivity contribution in [3.8, 4) is 17.0 Å². The lowest BCUT2D eigenvalue weighted by Gasteiger charge is -2.14. The lowest BCUT2D eigenvalue weighted by atomic mass is 10.1. The zero-order chi connectivity index (χ0) is 20.9. The number of hydrogen-bond acceptors (Lipinski definition) is 3. The van der Waals surface area contributed by atoms with Gasteiger partial charge in [0.1, 0.15) is 17.5 Å². The molecule has 30 heavy (non-hydrogen) atoms. The van der Waals surface area contributed by atoms with Crippen molar-refractivity contribution in [2.45, 2.75) is 26.4 Å². The zero-order valence-corrected chi connectivity index (χ0v) is 17.2. The highest BCUT2D eigenvalue weighted by Crippen LogP contribution is 2.29. The van der Waals surface area contributed by atoms with Crippen LogP contribution in [0.2, 0.25) is 0 Å². The highest BCUT2D eigenvalue weighted by molar-refractivity contribution is 5.94. The van der Waals surface area contributed by atoms with Crippen molar-refractivity contribution in [3.05, 3.63) is 84.4 Å². The number of aromatic nitrogens is 2. The van der Waals surface area contributed by atoms with Crippen LogP contribution in [0.4, 0.5) is 0 Å². The summed E-state index contributed by atoms with van der Waals surface area (Å²) in [5, 5.41) is 8.87. The Hall–Kier alpha value is -3.60. The summed E-state index contributed by atoms with van der Waals surface area (Å²) in [7, 11) is 0. The molecule has 0 radical (unpaired) electrons. The van der Waals surface area contributed by atoms with Crippen molar-refractivity contribution >= 4 is 16.8 Å². The summed E-state index contributed by atoms with van der Waals surface area (Å²) in [6.07, 6.45) is 0. The number of ether oxygens (including phenoxy) is 1. The van der Waals surface area contributed by atoms with Crippen molar-refractivity contribution in [2.75, 3.05) is 6.61 Å². The number of rotatable bonds is 7. The number of carbonyl (C=O) groups excluding carboxylic acids is 1. The molecule has 0 aliphatic heterocycles. The van der Waals surface area contributed by atoms with E-state index in [1.165, 1.54) is 0 Å². The number of fused-ring (bicyclic) bond motifs is 1. The van der Waals surface area contributed by atoms with Gasteiger partial charge in [-0.25, -0.2) is 0 Å². The van der Waals surface area contributed by atoms with Gasteiger partial charge in [0, 0.05) is 17.5 Å². The van der Waals surface area contributed by atoms with Gasteiger partial charge in [-0.2, -0.15) is 5.10 Å². The second-order valence-electron chi connectivity index (χ2n) is 7.15. The van der Waals surface area contributed by atoms with Gasteiger partial charge in [-0.1, -0.05) is 60.7 Å². The van der Waals surface area contributed by atoms with Crippen molar-refractivity contribution in [3.63, 3.8) is 0 Å². The van der Waals surface area contributed by atoms with E-state index in [0.29, 0.717) is 13.2 Å². The van der Waals surface area contributed by atoms with Gasteiger partial charge in [0.2, 0.25) is 5.91 Å². The first kappa shape index (κ1) is 19.7. The summed E-state index contributed by atoms with van der Waals surface area (Å²) in [6, 6.07) is 25.4. The first-order valence-electron chi connectivity index (χ1n) is 10.2. The lowest BCUT2D eigenvalue weighted by Crippen LogP contribution is -2.31. The van der Waals surface area contributed by atoms with Gasteiger partial charge in [0.15, 0.2) is 0 Å². The minimum atomic E-state index is -0.435. The molecule has 152 valence electrons. The molecule has 5 nitrogen and oxygen atoms in total. The van der Waals surface area contributed by atoms with Gasteiger partial charge in [0.25, 0.3) is 0 Å². The predicted octanol–water partition coefficient (Wildman–Crippen LogP) is 4.98. The van der Waals surface area contributed by atoms with Crippen LogP contribution in [0.1, 0.15) is 25.5 Å². The number of carbonyl (C=O) groups is 1. The summed E-state index contributed by atoms with van der Waals surface area (Å²) in [5.74, 6) is 0.758. The van der Waals surface area contributed by atoms with E-state index >= 15 is 0 Å². The van der Waals surface area contributed by atoms with Crippen LogP contribution < -0.4 is 10.1 Å². The standard InChI is InChI=1S/C25H25N3O2/c1-3-30-21-15-13-19(14-16-21)17-26-25(29)18(2)28-23-12-8-7-11-22(23)24(27-28)20-9-5-4-6-10-20/h4-16,18H,3,17H2,1-2H3,(H,26,29)/t18-/m1/s1. The van der Waals surface area contributed by atoms with E-state index in [1.807, 2.05) is 97.4 Å². The third-order valence-electron chi connectivity index (χ3n) is 5.11. The third-order valence-corrected chi connectivity index (χ3v) is 5.11. The Labute approximate surface area is 176 Å². The summed E-state index contributed by atoms with van der Waals surface area (Å²) >= 11 is 0. The topological polar surface area (TPSA) is 56.1 Å². The van der Waals surface area contributed by atoms with Gasteiger partial charge in [-0.05, 0) is 37.6 Å². The van der Waals surface area contributed by atoms with Crippen LogP contribution in [0.3, 0.4) is 0 Å². The summed E-state index contributed by atoms with van der Waals surface area (Å²) in [5.41, 5.74) is 3.89. The average Bonchev–Trinajstić information content (AvgIpc) is 3.18. The Kier molecular flexibility index (Phi) is 5.80. The van der Waals surface area contributed by atoms with E-state index in [1.54, 1.807) is 0 Å². The Bertz CT molecular complexity index is 1130. The normalized spacial score (nSPS) is 11.9. The molecular formula is C25H25N3O2. The molecule has 0 saturated carbocycles. The molecule has 5 heteroatoms. The van der Waals surface area contributed by atoms with Crippen LogP contribution in [-0.2, 0) is 11.3 Å². The molecule has 1 heterocycles. The van der Waals surface area contributed by atoms with E-state index in [4.69, 9.17) is 9.84 Å². The molecule has 0 fully saturated rings. The van der Waals surface area contributed by atoms with Crippen LogP contribution in [0.15, 0.2) is 78.9 Å². The predicted molar refractivity (Wildman–Crippen MR) is 119 cm³/mol. The van der Waals surface area contributed by atoms with Crippen molar-refractivity contribution in [1.82, 2.24) is 15.1 Å². The fourth-order valence-electron chi connectivity index (χ4n) is 3.51. The van der Waals surface area contributed by atoms with E-state index in [0.717, 1.165) is 33.5 Å². The second kappa shape index (κ2) is 8.82. The molecule has 0 saturated heterocycles. The van der Waals surface area contributed by atoms with Gasteiger partial charge in [-0.3, -0.25) is 9.48 Å². The Morgan fingerprint density at radius 3 is 2.43 bits per heavy atom. The highest BCUT2D eigenvalue weighted by atomic mass is 16.5. The van der Waals surface area contributed by atoms with Crippen LogP contribution in [0.5, 0.6) is 5.75 Å². The molecule has 0 aliphatic rings. The van der Waals surface area contributed by atoms with Crippen LogP contribution in [0.25, 0.3) is 22.2 Å². The molecule has 1 atom stereocenters. The van der Waals surface area contributed by atoms with Gasteiger partial charge in [-0.15, -0.1) is 0 Å². The number of para-hydroxylation sites is 1. The quantitative estimate of drug-likeness (QED) is 0.477. The fraction of sp³-hybridized carbons (Fsp3) is 0.200. The third kappa shape index (κ3) is 4.06. The SMILES string of the molecule is CCOc1ccc(CNC(=O)[C@@H](C)n2nc(-c3ccccc3)c3ccccc32)cc1. The number of benzene rings is 3. The molecule has 4 rings (SSSR count). The Balaban J connectivity index is 1.54. The molecule has 0 spiro atoms. The monoisotopic (exact) mass is 399 g/mol. The second-order valence-corrected chi connectivity index (χ2v) is 7.15. The molecule has 3 aromatic carbocycles. The maximum Gasteiger partial charge on any atom is 0.244 e. The first-order chi connectivity index (χ1) is 14.7. The molecule has 4 aromatic rings. The molecule has 0 aliphatic carbocycles. The van der Waals surface area contributed by atoms with Crippen molar-refractivity contribution in [1.29, 1.82) is 0 Å². The number of nitrogens with one attached hydrogen (secondary N) is 1. The maximum absolute atomic E-state index is 12.9. The van der Waals surface area contributed by atoms with E-state index in [9.17, 15) is 4.79 Å². The van der Waals surface area contributed by atoms with Gasteiger partial charge < -0.3 is 10.1 Å². The summed E-state index contributed by atoms with van der Waals surface area (Å²) in [6.45, 7) is 4.93. The molecule has 1 N–H and O–H groups in total. The Morgan fingerprint density at radius 2 is 1.70 bits per heavy atom. The fourth-order valence-corrected chi connectivity index (χ4v) is 3.51. The van der Waals surface area contributed by atoms with Crippen molar-refractivity contribution in [2.24, 2.45) is 0 Å². The largest absolute Gasteiger partial charge is 0.494 e. The Morgan fingerprint density at radius 1 is 1.00 bits per heavy atom. The highest BCUT2D eigenvalue weighted by Gasteiger charge is 2.20. The smallest absolute Gasteiger partial charge is 0.244 e. The van der Waals surface area contributed by atoms with E-state index < -0.39 is 6.04 Å². The summed E-state index contributed by atoms with van der Waals surface area (Å²) < 4.78 is 7.27. The lowest BCUT2D eigenvalue weighted by molar-refractivity contribution is -0.124. The van der Waals surface area contributed by atoms with Crippen LogP contribution in [0, 0.1) is 0 Å². The summed E-state index contributed by atoms with van der Waals surface area (Å²) in [4.78, 5) is 12.9. The molecule has 1 amide bonds. The van der Waals surface area contributed by atoms with Crippen LogP contribution in [-0.4, -0.2) is 22.3 Å². The first-order valence-corrected chi connectivity index (χ1v) is 10.2. The van der Waals surface area contributed by atoms with Crippen LogP contribution >= 0.6 is 0 Å². The molecule has 0 bridgehead atoms. The number of hydrogen-bond donors (Lipinski definition) is 1.